The van der Waals surface area contributed by atoms with Crippen molar-refractivity contribution in [3.05, 3.63) is 44.6 Å². The molecule has 0 radical (unpaired) electrons. The molecule has 0 aliphatic carbocycles. The summed E-state index contributed by atoms with van der Waals surface area (Å²) >= 11 is 16.8. The first-order chi connectivity index (χ1) is 11.0. The number of hydrogen-bond donors (Lipinski definition) is 2. The summed E-state index contributed by atoms with van der Waals surface area (Å²) in [4.78, 5) is 5.45. The second kappa shape index (κ2) is 8.08. The summed E-state index contributed by atoms with van der Waals surface area (Å²) in [6, 6.07) is 7.31. The van der Waals surface area contributed by atoms with Crippen LogP contribution in [0.5, 0.6) is 0 Å². The van der Waals surface area contributed by atoms with Gasteiger partial charge in [0.05, 0.1) is 14.8 Å². The molecule has 0 atom stereocenters. The molecule has 0 amide bonds. The van der Waals surface area contributed by atoms with E-state index in [1.165, 1.54) is 11.3 Å². The van der Waals surface area contributed by atoms with Crippen LogP contribution in [0.25, 0.3) is 21.8 Å². The molecule has 0 aliphatic rings. The van der Waals surface area contributed by atoms with Gasteiger partial charge in [-0.1, -0.05) is 23.2 Å². The maximum absolute atomic E-state index is 7.60. The van der Waals surface area contributed by atoms with Crippen molar-refractivity contribution in [2.75, 3.05) is 6.26 Å². The first kappa shape index (κ1) is 19.6. The number of thiophene rings is 1. The average molecular weight is 437 g/mol. The van der Waals surface area contributed by atoms with E-state index in [0.717, 1.165) is 30.9 Å². The monoisotopic (exact) mass is 435 g/mol. The van der Waals surface area contributed by atoms with E-state index >= 15 is 0 Å². The molecule has 0 unspecified atom stereocenters. The lowest BCUT2D eigenvalue weighted by molar-refractivity contribution is 1.39. The average Bonchev–Trinajstić information content (AvgIpc) is 3.12. The van der Waals surface area contributed by atoms with Crippen molar-refractivity contribution in [1.29, 1.82) is 5.41 Å². The second-order valence-corrected chi connectivity index (χ2v) is 8.48. The highest BCUT2D eigenvalue weighted by molar-refractivity contribution is 8.00. The topological polar surface area (TPSA) is 62.8 Å². The fraction of sp³-hybridized carbons (Fsp3) is 0.0667. The first-order valence-electron chi connectivity index (χ1n) is 6.42. The Balaban J connectivity index is 0.00000208. The van der Waals surface area contributed by atoms with Gasteiger partial charge in [0.1, 0.15) is 10.8 Å². The molecule has 0 spiro atoms. The molecule has 3 rings (SSSR count). The standard InChI is InChI=1S/C15H11Cl2N3S3.ClH/c1-21-15-10(5-12(23-15)13(18)19)14-20-11(6-22-14)7-2-8(16)4-9(17)3-7;/h2-6H,1H3,(H3,18,19);1H. The van der Waals surface area contributed by atoms with E-state index in [1.807, 2.05) is 29.8 Å². The number of thiazole rings is 1. The molecule has 0 saturated heterocycles. The molecule has 0 saturated carbocycles. The smallest absolute Gasteiger partial charge is 0.133 e. The van der Waals surface area contributed by atoms with Gasteiger partial charge in [-0.05, 0) is 30.5 Å². The highest BCUT2D eigenvalue weighted by atomic mass is 35.5. The van der Waals surface area contributed by atoms with E-state index in [2.05, 4.69) is 0 Å². The van der Waals surface area contributed by atoms with Crippen LogP contribution >= 0.6 is 70.0 Å². The van der Waals surface area contributed by atoms with Gasteiger partial charge in [-0.15, -0.1) is 46.8 Å². The number of aromatic nitrogens is 1. The van der Waals surface area contributed by atoms with Crippen LogP contribution in [-0.2, 0) is 0 Å². The minimum Gasteiger partial charge on any atom is -0.383 e. The normalized spacial score (nSPS) is 10.5. The summed E-state index contributed by atoms with van der Waals surface area (Å²) in [5.74, 6) is 0.0787. The van der Waals surface area contributed by atoms with Gasteiger partial charge in [-0.2, -0.15) is 0 Å². The van der Waals surface area contributed by atoms with E-state index in [-0.39, 0.29) is 18.2 Å². The van der Waals surface area contributed by atoms with E-state index in [4.69, 9.17) is 39.3 Å². The minimum atomic E-state index is 0. The molecule has 3 N–H and O–H groups in total. The van der Waals surface area contributed by atoms with Crippen LogP contribution in [0.2, 0.25) is 10.0 Å². The number of thioether (sulfide) groups is 1. The number of nitrogen functional groups attached to an aromatic ring is 1. The van der Waals surface area contributed by atoms with Crippen molar-refractivity contribution in [2.24, 2.45) is 5.73 Å². The molecule has 9 heteroatoms. The Bertz CT molecular complexity index is 869. The number of nitrogens with one attached hydrogen (secondary N) is 1. The fourth-order valence-corrected chi connectivity index (χ4v) is 5.28. The van der Waals surface area contributed by atoms with Crippen molar-refractivity contribution < 1.29 is 0 Å². The lowest BCUT2D eigenvalue weighted by Gasteiger charge is -1.99. The van der Waals surface area contributed by atoms with E-state index in [9.17, 15) is 0 Å². The Kier molecular flexibility index (Phi) is 6.59. The molecule has 126 valence electrons. The maximum atomic E-state index is 7.60. The number of benzene rings is 1. The highest BCUT2D eigenvalue weighted by Crippen LogP contribution is 2.40. The summed E-state index contributed by atoms with van der Waals surface area (Å²) in [5, 5.41) is 11.6. The SMILES string of the molecule is CSc1sc(C(=N)N)cc1-c1nc(-c2cc(Cl)cc(Cl)c2)cs1.Cl. The summed E-state index contributed by atoms with van der Waals surface area (Å²) in [5.41, 5.74) is 8.32. The molecule has 2 aromatic heterocycles. The van der Waals surface area contributed by atoms with E-state index in [0.29, 0.717) is 10.0 Å². The van der Waals surface area contributed by atoms with Crippen LogP contribution in [0.4, 0.5) is 0 Å². The second-order valence-electron chi connectivity index (χ2n) is 4.63. The van der Waals surface area contributed by atoms with Crippen molar-refractivity contribution in [3.8, 4) is 21.8 Å². The zero-order chi connectivity index (χ0) is 16.6. The molecule has 24 heavy (non-hydrogen) atoms. The van der Waals surface area contributed by atoms with Gasteiger partial charge in [-0.25, -0.2) is 4.98 Å². The zero-order valence-electron chi connectivity index (χ0n) is 12.3. The predicted octanol–water partition coefficient (Wildman–Crippen LogP) is 6.27. The van der Waals surface area contributed by atoms with Crippen LogP contribution in [0.3, 0.4) is 0 Å². The van der Waals surface area contributed by atoms with Crippen LogP contribution in [0.15, 0.2) is 33.9 Å². The third-order valence-corrected chi connectivity index (χ3v) is 6.66. The molecular formula is C15H12Cl3N3S3. The van der Waals surface area contributed by atoms with Gasteiger partial charge in [0, 0.05) is 26.6 Å². The molecule has 3 nitrogen and oxygen atoms in total. The Morgan fingerprint density at radius 3 is 2.46 bits per heavy atom. The van der Waals surface area contributed by atoms with Gasteiger partial charge < -0.3 is 5.73 Å². The van der Waals surface area contributed by atoms with Crippen molar-refractivity contribution in [1.82, 2.24) is 4.98 Å². The van der Waals surface area contributed by atoms with Gasteiger partial charge in [0.15, 0.2) is 0 Å². The fourth-order valence-electron chi connectivity index (χ4n) is 2.04. The lowest BCUT2D eigenvalue weighted by atomic mass is 10.2. The van der Waals surface area contributed by atoms with Gasteiger partial charge in [-0.3, -0.25) is 5.41 Å². The van der Waals surface area contributed by atoms with Gasteiger partial charge in [0.25, 0.3) is 0 Å². The van der Waals surface area contributed by atoms with Crippen molar-refractivity contribution >= 4 is 75.9 Å². The predicted molar refractivity (Wildman–Crippen MR) is 111 cm³/mol. The molecule has 0 fully saturated rings. The van der Waals surface area contributed by atoms with Crippen LogP contribution in [0.1, 0.15) is 4.88 Å². The van der Waals surface area contributed by atoms with Crippen molar-refractivity contribution in [3.63, 3.8) is 0 Å². The number of nitrogens with zero attached hydrogens (tertiary/aromatic N) is 1. The van der Waals surface area contributed by atoms with Crippen molar-refractivity contribution in [2.45, 2.75) is 4.21 Å². The molecule has 2 heterocycles. The first-order valence-corrected chi connectivity index (χ1v) is 10.1. The van der Waals surface area contributed by atoms with Gasteiger partial charge >= 0.3 is 0 Å². The minimum absolute atomic E-state index is 0. The largest absolute Gasteiger partial charge is 0.383 e. The van der Waals surface area contributed by atoms with E-state index < -0.39 is 0 Å². The maximum Gasteiger partial charge on any atom is 0.133 e. The zero-order valence-corrected chi connectivity index (χ0v) is 17.1. The van der Waals surface area contributed by atoms with Gasteiger partial charge in [0.2, 0.25) is 0 Å². The molecule has 0 bridgehead atoms. The van der Waals surface area contributed by atoms with Crippen LogP contribution in [0, 0.1) is 5.41 Å². The molecular weight excluding hydrogens is 425 g/mol. The summed E-state index contributed by atoms with van der Waals surface area (Å²) in [7, 11) is 0. The summed E-state index contributed by atoms with van der Waals surface area (Å²) in [6.07, 6.45) is 2.00. The molecule has 3 aromatic rings. The third-order valence-electron chi connectivity index (χ3n) is 3.04. The number of nitrogens with two attached hydrogens (primary N) is 1. The number of hydrogen-bond acceptors (Lipinski definition) is 5. The Morgan fingerprint density at radius 1 is 1.21 bits per heavy atom. The van der Waals surface area contributed by atoms with Crippen LogP contribution < -0.4 is 5.73 Å². The molecule has 0 aliphatic heterocycles. The highest BCUT2D eigenvalue weighted by Gasteiger charge is 2.16. The van der Waals surface area contributed by atoms with E-state index in [1.54, 1.807) is 29.2 Å². The summed E-state index contributed by atoms with van der Waals surface area (Å²) < 4.78 is 1.10. The number of rotatable bonds is 4. The van der Waals surface area contributed by atoms with Crippen LogP contribution in [-0.4, -0.2) is 17.1 Å². The Morgan fingerprint density at radius 2 is 1.88 bits per heavy atom. The Labute approximate surface area is 168 Å². The quantitative estimate of drug-likeness (QED) is 0.287. The Hall–Kier alpha value is -0.760. The summed E-state index contributed by atoms with van der Waals surface area (Å²) in [6.45, 7) is 0. The lowest BCUT2D eigenvalue weighted by Crippen LogP contribution is -2.08. The number of halogens is 3. The molecule has 1 aromatic carbocycles. The third kappa shape index (κ3) is 4.07. The number of amidine groups is 1.